The number of halogens is 3. The van der Waals surface area contributed by atoms with Crippen LogP contribution in [0.1, 0.15) is 5.56 Å². The van der Waals surface area contributed by atoms with E-state index < -0.39 is 11.6 Å². The Bertz CT molecular complexity index is 325. The Labute approximate surface area is 72.6 Å². The van der Waals surface area contributed by atoms with Crippen molar-refractivity contribution in [3.05, 3.63) is 34.4 Å². The molecule has 0 bridgehead atoms. The van der Waals surface area contributed by atoms with Crippen molar-refractivity contribution >= 4 is 17.8 Å². The van der Waals surface area contributed by atoms with Gasteiger partial charge in [0.25, 0.3) is 0 Å². The molecule has 0 aliphatic rings. The van der Waals surface area contributed by atoms with Gasteiger partial charge in [0.1, 0.15) is 11.6 Å². The number of nitrogens with zero attached hydrogens (tertiary/aromatic N) is 1. The minimum absolute atomic E-state index is 0.122. The fraction of sp³-hybridized carbons (Fsp3) is 0. The molecule has 0 aromatic heterocycles. The molecule has 0 spiro atoms. The van der Waals surface area contributed by atoms with Crippen LogP contribution in [0.2, 0.25) is 5.02 Å². The second kappa shape index (κ2) is 3.49. The molecule has 0 aliphatic heterocycles. The second-order valence-corrected chi connectivity index (χ2v) is 2.45. The fourth-order valence-electron chi connectivity index (χ4n) is 0.750. The maximum Gasteiger partial charge on any atom is 0.145 e. The van der Waals surface area contributed by atoms with Gasteiger partial charge in [-0.15, -0.1) is 0 Å². The molecule has 2 N–H and O–H groups in total. The molecule has 2 nitrogen and oxygen atoms in total. The van der Waals surface area contributed by atoms with E-state index in [1.54, 1.807) is 0 Å². The van der Waals surface area contributed by atoms with Crippen molar-refractivity contribution < 1.29 is 8.78 Å². The number of benzene rings is 1. The van der Waals surface area contributed by atoms with Crippen molar-refractivity contribution in [2.45, 2.75) is 0 Å². The average molecular weight is 191 g/mol. The van der Waals surface area contributed by atoms with Crippen LogP contribution >= 0.6 is 11.6 Å². The molecular formula is C7H5ClF2N2. The zero-order chi connectivity index (χ0) is 9.14. The van der Waals surface area contributed by atoms with E-state index in [9.17, 15) is 8.78 Å². The van der Waals surface area contributed by atoms with Gasteiger partial charge in [-0.1, -0.05) is 11.6 Å². The quantitative estimate of drug-likeness (QED) is 0.312. The zero-order valence-electron chi connectivity index (χ0n) is 5.89. The number of rotatable bonds is 1. The van der Waals surface area contributed by atoms with E-state index >= 15 is 0 Å². The molecule has 0 saturated carbocycles. The summed E-state index contributed by atoms with van der Waals surface area (Å²) in [5, 5.41) is 2.92. The topological polar surface area (TPSA) is 38.4 Å². The molecule has 1 aromatic rings. The predicted octanol–water partition coefficient (Wildman–Crippen LogP) is 1.91. The highest BCUT2D eigenvalue weighted by Crippen LogP contribution is 2.19. The number of hydrazone groups is 1. The first-order chi connectivity index (χ1) is 5.65. The molecule has 64 valence electrons. The molecule has 0 heterocycles. The molecular weight excluding hydrogens is 186 g/mol. The van der Waals surface area contributed by atoms with Gasteiger partial charge >= 0.3 is 0 Å². The van der Waals surface area contributed by atoms with Crippen molar-refractivity contribution in [1.82, 2.24) is 0 Å². The van der Waals surface area contributed by atoms with Crippen LogP contribution in [0.3, 0.4) is 0 Å². The standard InChI is InChI=1S/C7H5ClF2N2/c8-7-4(3-12-11)1-5(9)2-6(7)10/h1-3H,11H2. The smallest absolute Gasteiger partial charge is 0.145 e. The van der Waals surface area contributed by atoms with Gasteiger partial charge < -0.3 is 5.84 Å². The lowest BCUT2D eigenvalue weighted by atomic mass is 10.2. The molecule has 5 heteroatoms. The highest BCUT2D eigenvalue weighted by molar-refractivity contribution is 6.33. The lowest BCUT2D eigenvalue weighted by molar-refractivity contribution is 0.583. The lowest BCUT2D eigenvalue weighted by Gasteiger charge is -1.98. The van der Waals surface area contributed by atoms with Gasteiger partial charge in [-0.2, -0.15) is 5.10 Å². The van der Waals surface area contributed by atoms with Gasteiger partial charge in [-0.25, -0.2) is 8.78 Å². The predicted molar refractivity (Wildman–Crippen MR) is 43.1 cm³/mol. The van der Waals surface area contributed by atoms with Crippen molar-refractivity contribution in [3.63, 3.8) is 0 Å². The summed E-state index contributed by atoms with van der Waals surface area (Å²) in [6.07, 6.45) is 1.08. The van der Waals surface area contributed by atoms with Crippen molar-refractivity contribution in [2.75, 3.05) is 0 Å². The largest absolute Gasteiger partial charge is 0.323 e. The Morgan fingerprint density at radius 1 is 1.42 bits per heavy atom. The molecule has 0 unspecified atom stereocenters. The molecule has 0 fully saturated rings. The van der Waals surface area contributed by atoms with Gasteiger partial charge in [0.2, 0.25) is 0 Å². The van der Waals surface area contributed by atoms with Crippen LogP contribution in [0.5, 0.6) is 0 Å². The summed E-state index contributed by atoms with van der Waals surface area (Å²) in [4.78, 5) is 0. The van der Waals surface area contributed by atoms with Crippen LogP contribution in [0.25, 0.3) is 0 Å². The monoisotopic (exact) mass is 190 g/mol. The van der Waals surface area contributed by atoms with Gasteiger partial charge in [0, 0.05) is 11.6 Å². The average Bonchev–Trinajstić information content (AvgIpc) is 2.00. The molecule has 0 aliphatic carbocycles. The first-order valence-electron chi connectivity index (χ1n) is 3.03. The van der Waals surface area contributed by atoms with E-state index in [1.165, 1.54) is 0 Å². The summed E-state index contributed by atoms with van der Waals surface area (Å²) < 4.78 is 25.2. The molecule has 0 saturated heterocycles. The number of nitrogens with two attached hydrogens (primary N) is 1. The second-order valence-electron chi connectivity index (χ2n) is 2.07. The summed E-state index contributed by atoms with van der Waals surface area (Å²) >= 11 is 5.46. The third-order valence-electron chi connectivity index (χ3n) is 1.23. The van der Waals surface area contributed by atoms with Crippen molar-refractivity contribution in [3.8, 4) is 0 Å². The van der Waals surface area contributed by atoms with E-state index in [1.807, 2.05) is 0 Å². The molecule has 1 rings (SSSR count). The lowest BCUT2D eigenvalue weighted by Crippen LogP contribution is -1.92. The van der Waals surface area contributed by atoms with Crippen LogP contribution in [0.15, 0.2) is 17.2 Å². The molecule has 12 heavy (non-hydrogen) atoms. The van der Waals surface area contributed by atoms with Crippen LogP contribution < -0.4 is 5.84 Å². The third-order valence-corrected chi connectivity index (χ3v) is 1.63. The number of hydrogen-bond acceptors (Lipinski definition) is 2. The van der Waals surface area contributed by atoms with Crippen LogP contribution in [-0.2, 0) is 0 Å². The van der Waals surface area contributed by atoms with Crippen molar-refractivity contribution in [1.29, 1.82) is 0 Å². The zero-order valence-corrected chi connectivity index (χ0v) is 6.65. The molecule has 0 amide bonds. The molecule has 0 radical (unpaired) electrons. The van der Waals surface area contributed by atoms with E-state index in [0.717, 1.165) is 12.3 Å². The summed E-state index contributed by atoms with van der Waals surface area (Å²) in [7, 11) is 0. The first-order valence-corrected chi connectivity index (χ1v) is 3.40. The minimum Gasteiger partial charge on any atom is -0.323 e. The van der Waals surface area contributed by atoms with Gasteiger partial charge in [-0.05, 0) is 6.07 Å². The van der Waals surface area contributed by atoms with Gasteiger partial charge in [0.15, 0.2) is 0 Å². The Morgan fingerprint density at radius 3 is 2.67 bits per heavy atom. The Balaban J connectivity index is 3.27. The maximum atomic E-state index is 12.7. The van der Waals surface area contributed by atoms with E-state index in [4.69, 9.17) is 17.4 Å². The Morgan fingerprint density at radius 2 is 2.08 bits per heavy atom. The molecule has 1 aromatic carbocycles. The van der Waals surface area contributed by atoms with Gasteiger partial charge in [0.05, 0.1) is 11.2 Å². The summed E-state index contributed by atoms with van der Waals surface area (Å²) in [6.45, 7) is 0. The minimum atomic E-state index is -0.827. The Hall–Kier alpha value is -1.16. The molecule has 0 atom stereocenters. The van der Waals surface area contributed by atoms with Crippen LogP contribution in [0.4, 0.5) is 8.78 Å². The SMILES string of the molecule is NN=Cc1cc(F)cc(F)c1Cl. The fourth-order valence-corrected chi connectivity index (χ4v) is 0.908. The Kier molecular flexibility index (Phi) is 2.60. The van der Waals surface area contributed by atoms with Crippen LogP contribution in [-0.4, -0.2) is 6.21 Å². The number of hydrogen-bond donors (Lipinski definition) is 1. The third kappa shape index (κ3) is 1.71. The summed E-state index contributed by atoms with van der Waals surface area (Å²) in [5.74, 6) is 3.25. The van der Waals surface area contributed by atoms with Gasteiger partial charge in [-0.3, -0.25) is 0 Å². The summed E-state index contributed by atoms with van der Waals surface area (Å²) in [6, 6.07) is 1.73. The first kappa shape index (κ1) is 8.93. The normalized spacial score (nSPS) is 10.9. The highest BCUT2D eigenvalue weighted by Gasteiger charge is 2.06. The van der Waals surface area contributed by atoms with E-state index in [0.29, 0.717) is 6.07 Å². The maximum absolute atomic E-state index is 12.7. The highest BCUT2D eigenvalue weighted by atomic mass is 35.5. The van der Waals surface area contributed by atoms with E-state index in [2.05, 4.69) is 5.10 Å². The summed E-state index contributed by atoms with van der Waals surface area (Å²) in [5.41, 5.74) is 0.122. The van der Waals surface area contributed by atoms with E-state index in [-0.39, 0.29) is 10.6 Å². The van der Waals surface area contributed by atoms with Crippen LogP contribution in [0, 0.1) is 11.6 Å². The van der Waals surface area contributed by atoms with Crippen molar-refractivity contribution in [2.24, 2.45) is 10.9 Å².